The third-order valence-electron chi connectivity index (χ3n) is 10.2. The number of urea groups is 1. The Hall–Kier alpha value is -1.47. The minimum atomic E-state index is -2.54. The number of carbonyl (C=O) groups is 2. The smallest absolute Gasteiger partial charge is 0.350 e. The van der Waals surface area contributed by atoms with Crippen LogP contribution in [0.4, 0.5) is 4.79 Å². The number of fused-ring (bicyclic) bond motifs is 1. The molecule has 246 valence electrons. The first-order valence-electron chi connectivity index (χ1n) is 15.0. The number of guanidine groups is 1. The van der Waals surface area contributed by atoms with Gasteiger partial charge in [-0.05, 0) is 54.4 Å². The van der Waals surface area contributed by atoms with Gasteiger partial charge in [-0.1, -0.05) is 62.3 Å². The van der Waals surface area contributed by atoms with Crippen LogP contribution in [0.3, 0.4) is 0 Å². The van der Waals surface area contributed by atoms with Crippen LogP contribution in [0.1, 0.15) is 62.3 Å². The highest BCUT2D eigenvalue weighted by Crippen LogP contribution is 2.46. The third-order valence-corrected chi connectivity index (χ3v) is 23.7. The second-order valence-electron chi connectivity index (χ2n) is 16.5. The van der Waals surface area contributed by atoms with Gasteiger partial charge in [-0.25, -0.2) is 9.69 Å². The number of aliphatic imine (C=N–C) groups is 2. The van der Waals surface area contributed by atoms with Crippen molar-refractivity contribution in [2.45, 2.75) is 147 Å². The SMILES string of the molecule is CC(C)(C)[Si](C)(C)OC[C@H]1O[C@@H](N2C(=O)N=C3C(=O)NC(N)=N[C@]32O)[C@H](O[Si](C)(C)C(C)(C)C)[C@@H]1O[Si](C)(C)C(C)(C)C. The van der Waals surface area contributed by atoms with E-state index < -0.39 is 73.0 Å². The minimum absolute atomic E-state index is 0.0532. The maximum atomic E-state index is 13.5. The molecule has 0 aromatic rings. The van der Waals surface area contributed by atoms with Crippen molar-refractivity contribution in [1.29, 1.82) is 0 Å². The molecule has 12 nitrogen and oxygen atoms in total. The van der Waals surface area contributed by atoms with Gasteiger partial charge in [-0.3, -0.25) is 10.1 Å². The Balaban J connectivity index is 2.18. The van der Waals surface area contributed by atoms with Crippen LogP contribution in [0.25, 0.3) is 0 Å². The molecule has 0 aromatic carbocycles. The Kier molecular flexibility index (Phi) is 9.30. The van der Waals surface area contributed by atoms with Crippen LogP contribution in [-0.2, 0) is 22.8 Å². The Morgan fingerprint density at radius 3 is 1.81 bits per heavy atom. The van der Waals surface area contributed by atoms with E-state index in [1.54, 1.807) is 0 Å². The Labute approximate surface area is 260 Å². The third kappa shape index (κ3) is 6.73. The summed E-state index contributed by atoms with van der Waals surface area (Å²) in [7, 11) is -7.20. The summed E-state index contributed by atoms with van der Waals surface area (Å²) in [6.07, 6.45) is -3.34. The van der Waals surface area contributed by atoms with E-state index in [2.05, 4.69) is 117 Å². The highest BCUT2D eigenvalue weighted by molar-refractivity contribution is 6.75. The summed E-state index contributed by atoms with van der Waals surface area (Å²) in [6, 6.07) is -0.878. The quantitative estimate of drug-likeness (QED) is 0.323. The van der Waals surface area contributed by atoms with Crippen molar-refractivity contribution in [3.63, 3.8) is 0 Å². The van der Waals surface area contributed by atoms with Crippen molar-refractivity contribution in [3.05, 3.63) is 0 Å². The first-order chi connectivity index (χ1) is 19.1. The second-order valence-corrected chi connectivity index (χ2v) is 30.8. The number of ether oxygens (including phenoxy) is 1. The fraction of sp³-hybridized carbons (Fsp3) is 0.857. The molecule has 0 aromatic heterocycles. The summed E-state index contributed by atoms with van der Waals surface area (Å²) in [6.45, 7) is 32.4. The van der Waals surface area contributed by atoms with Crippen LogP contribution in [0.5, 0.6) is 0 Å². The number of nitrogens with one attached hydrogen (secondary N) is 1. The van der Waals surface area contributed by atoms with Crippen LogP contribution >= 0.6 is 0 Å². The van der Waals surface area contributed by atoms with Gasteiger partial charge in [0.2, 0.25) is 0 Å². The van der Waals surface area contributed by atoms with Crippen LogP contribution in [0.2, 0.25) is 54.4 Å². The lowest BCUT2D eigenvalue weighted by molar-refractivity contribution is -0.143. The van der Waals surface area contributed by atoms with Gasteiger partial charge in [0.15, 0.2) is 42.9 Å². The molecule has 0 bridgehead atoms. The van der Waals surface area contributed by atoms with Gasteiger partial charge >= 0.3 is 6.03 Å². The van der Waals surface area contributed by atoms with E-state index in [1.165, 1.54) is 0 Å². The molecule has 3 heterocycles. The zero-order chi connectivity index (χ0) is 33.4. The molecule has 15 heteroatoms. The van der Waals surface area contributed by atoms with Gasteiger partial charge < -0.3 is 28.9 Å². The lowest BCUT2D eigenvalue weighted by Gasteiger charge is -2.45. The molecule has 4 N–H and O–H groups in total. The summed E-state index contributed by atoms with van der Waals surface area (Å²) in [5, 5.41) is 13.7. The highest BCUT2D eigenvalue weighted by Gasteiger charge is 2.64. The molecule has 0 spiro atoms. The average Bonchev–Trinajstić information content (AvgIpc) is 3.22. The normalized spacial score (nSPS) is 29.4. The summed E-state index contributed by atoms with van der Waals surface area (Å²) in [5.74, 6) is -3.60. The topological polar surface area (TPSA) is 157 Å². The molecule has 3 aliphatic heterocycles. The van der Waals surface area contributed by atoms with Gasteiger partial charge in [-0.2, -0.15) is 9.98 Å². The molecule has 0 saturated carbocycles. The molecule has 0 unspecified atom stereocenters. The molecule has 1 fully saturated rings. The van der Waals surface area contributed by atoms with E-state index in [0.29, 0.717) is 0 Å². The maximum absolute atomic E-state index is 13.5. The Bertz CT molecular complexity index is 1190. The molecule has 3 amide bonds. The second kappa shape index (κ2) is 11.1. The molecule has 3 rings (SSSR count). The summed E-state index contributed by atoms with van der Waals surface area (Å²) >= 11 is 0. The standard InChI is InChI=1S/C28H55N5O7Si3/c1-25(2,3)41(10,11)37-16-17-18(39-42(12,13)26(4,5)6)19(40-43(14,15)27(7,8)9)22(38-17)33-24(35)30-20-21(34)31-23(29)32-28(20,33)36/h17-19,22,36H,16H2,1-15H3,(H3,29,31,32,34)/t17-,18-,19-,22-,28-/m1/s1. The first-order valence-corrected chi connectivity index (χ1v) is 23.7. The van der Waals surface area contributed by atoms with Crippen LogP contribution < -0.4 is 11.1 Å². The molecular weight excluding hydrogens is 603 g/mol. The molecule has 0 radical (unpaired) electrons. The maximum Gasteiger partial charge on any atom is 0.350 e. The molecule has 1 saturated heterocycles. The number of nitrogens with zero attached hydrogens (tertiary/aromatic N) is 3. The zero-order valence-corrected chi connectivity index (χ0v) is 31.8. The monoisotopic (exact) mass is 657 g/mol. The number of amides is 3. The Morgan fingerprint density at radius 2 is 1.35 bits per heavy atom. The fourth-order valence-electron chi connectivity index (χ4n) is 4.30. The van der Waals surface area contributed by atoms with Gasteiger partial charge in [-0.15, -0.1) is 0 Å². The van der Waals surface area contributed by atoms with Crippen molar-refractivity contribution in [1.82, 2.24) is 10.2 Å². The molecule has 43 heavy (non-hydrogen) atoms. The fourth-order valence-corrected chi connectivity index (χ4v) is 7.92. The van der Waals surface area contributed by atoms with Crippen LogP contribution in [0, 0.1) is 0 Å². The average molecular weight is 658 g/mol. The van der Waals surface area contributed by atoms with Crippen molar-refractivity contribution in [2.24, 2.45) is 15.7 Å². The van der Waals surface area contributed by atoms with E-state index in [4.69, 9.17) is 23.7 Å². The first kappa shape index (κ1) is 36.0. The van der Waals surface area contributed by atoms with Crippen molar-refractivity contribution in [3.8, 4) is 0 Å². The van der Waals surface area contributed by atoms with E-state index in [-0.39, 0.29) is 27.7 Å². The summed E-state index contributed by atoms with van der Waals surface area (Å²) in [5.41, 5.74) is 5.39. The Morgan fingerprint density at radius 1 is 0.884 bits per heavy atom. The number of hydrogen-bond donors (Lipinski definition) is 3. The van der Waals surface area contributed by atoms with Gasteiger partial charge in [0.25, 0.3) is 11.8 Å². The largest absolute Gasteiger partial charge is 0.414 e. The van der Waals surface area contributed by atoms with Crippen LogP contribution in [0.15, 0.2) is 9.98 Å². The molecule has 5 atom stereocenters. The van der Waals surface area contributed by atoms with Crippen LogP contribution in [-0.4, -0.2) is 95.6 Å². The number of hydrogen-bond acceptors (Lipinski definition) is 9. The minimum Gasteiger partial charge on any atom is -0.414 e. The lowest BCUT2D eigenvalue weighted by Crippen LogP contribution is -2.65. The van der Waals surface area contributed by atoms with Crippen molar-refractivity contribution >= 4 is 48.6 Å². The number of carbonyl (C=O) groups excluding carboxylic acids is 2. The van der Waals surface area contributed by atoms with Crippen molar-refractivity contribution < 1.29 is 32.7 Å². The van der Waals surface area contributed by atoms with Crippen molar-refractivity contribution in [2.75, 3.05) is 6.61 Å². The predicted molar refractivity (Wildman–Crippen MR) is 175 cm³/mol. The van der Waals surface area contributed by atoms with Gasteiger partial charge in [0, 0.05) is 0 Å². The van der Waals surface area contributed by atoms with E-state index in [0.717, 1.165) is 4.90 Å². The zero-order valence-electron chi connectivity index (χ0n) is 28.8. The molecular formula is C28H55N5O7Si3. The summed E-state index contributed by atoms with van der Waals surface area (Å²) < 4.78 is 27.5. The number of nitrogens with two attached hydrogens (primary N) is 1. The number of rotatable bonds is 8. The van der Waals surface area contributed by atoms with E-state index in [1.807, 2.05) is 0 Å². The highest BCUT2D eigenvalue weighted by atomic mass is 28.4. The van der Waals surface area contributed by atoms with E-state index >= 15 is 0 Å². The number of aliphatic hydroxyl groups is 1. The van der Waals surface area contributed by atoms with E-state index in [9.17, 15) is 14.7 Å². The lowest BCUT2D eigenvalue weighted by atomic mass is 10.1. The predicted octanol–water partition coefficient (Wildman–Crippen LogP) is 4.48. The van der Waals surface area contributed by atoms with Gasteiger partial charge in [0.1, 0.15) is 18.3 Å². The molecule has 3 aliphatic rings. The van der Waals surface area contributed by atoms with Gasteiger partial charge in [0.05, 0.1) is 6.61 Å². The molecule has 0 aliphatic carbocycles. The summed E-state index contributed by atoms with van der Waals surface area (Å²) in [4.78, 5) is 35.2.